The molecule has 1 fully saturated rings. The maximum Gasteiger partial charge on any atom is 0.320 e. The average Bonchev–Trinajstić information content (AvgIpc) is 2.94. The maximum atomic E-state index is 14.0. The number of anilines is 1. The van der Waals surface area contributed by atoms with Crippen molar-refractivity contribution in [2.24, 2.45) is 0 Å². The molecule has 0 aliphatic carbocycles. The van der Waals surface area contributed by atoms with Crippen molar-refractivity contribution in [3.05, 3.63) is 65.2 Å². The fraction of sp³-hybridized carbons (Fsp3) is 0.414. The molecule has 0 atom stereocenters. The summed E-state index contributed by atoms with van der Waals surface area (Å²) in [6.45, 7) is 5.19. The van der Waals surface area contributed by atoms with Crippen molar-refractivity contribution in [2.75, 3.05) is 57.4 Å². The number of esters is 1. The summed E-state index contributed by atoms with van der Waals surface area (Å²) in [5.74, 6) is -0.906. The minimum absolute atomic E-state index is 0.0309. The molecule has 1 amide bonds. The van der Waals surface area contributed by atoms with Crippen LogP contribution in [-0.2, 0) is 14.3 Å². The minimum atomic E-state index is -0.514. The molecule has 0 bridgehead atoms. The Morgan fingerprint density at radius 2 is 2.00 bits per heavy atom. The van der Waals surface area contributed by atoms with Gasteiger partial charge in [-0.25, -0.2) is 8.78 Å². The van der Waals surface area contributed by atoms with Gasteiger partial charge in [0.2, 0.25) is 0 Å². The van der Waals surface area contributed by atoms with E-state index in [1.165, 1.54) is 6.08 Å². The van der Waals surface area contributed by atoms with Crippen LogP contribution in [0.25, 0.3) is 6.08 Å². The molecule has 0 aromatic heterocycles. The van der Waals surface area contributed by atoms with Gasteiger partial charge < -0.3 is 19.3 Å². The van der Waals surface area contributed by atoms with E-state index >= 15 is 0 Å². The van der Waals surface area contributed by atoms with Gasteiger partial charge in [-0.2, -0.15) is 5.26 Å². The summed E-state index contributed by atoms with van der Waals surface area (Å²) in [5.41, 5.74) is 1.23. The molecule has 2 heterocycles. The third-order valence-corrected chi connectivity index (χ3v) is 6.98. The van der Waals surface area contributed by atoms with Crippen LogP contribution >= 0.6 is 0 Å². The smallest absolute Gasteiger partial charge is 0.320 e. The largest absolute Gasteiger partial charge is 0.482 e. The fourth-order valence-corrected chi connectivity index (χ4v) is 4.94. The lowest BCUT2D eigenvalue weighted by Crippen LogP contribution is -2.49. The number of fused-ring (bicyclic) bond motifs is 1. The maximum absolute atomic E-state index is 14.0. The SMILES string of the molecule is CCOC(=O)CN(CC=Cc1cc(F)ccc1F)C1CCN(CCN2C(=O)COc3ccc(C#N)cc32)CC1. The molecular weight excluding hydrogens is 506 g/mol. The van der Waals surface area contributed by atoms with Gasteiger partial charge in [-0.15, -0.1) is 0 Å². The van der Waals surface area contributed by atoms with Crippen molar-refractivity contribution in [1.29, 1.82) is 5.26 Å². The number of piperidine rings is 1. The molecule has 2 aromatic carbocycles. The van der Waals surface area contributed by atoms with E-state index in [1.54, 1.807) is 36.1 Å². The van der Waals surface area contributed by atoms with Crippen molar-refractivity contribution >= 4 is 23.6 Å². The van der Waals surface area contributed by atoms with Gasteiger partial charge in [-0.05, 0) is 69.3 Å². The lowest BCUT2D eigenvalue weighted by atomic mass is 10.0. The summed E-state index contributed by atoms with van der Waals surface area (Å²) in [4.78, 5) is 30.8. The van der Waals surface area contributed by atoms with Crippen LogP contribution < -0.4 is 9.64 Å². The Morgan fingerprint density at radius 3 is 2.74 bits per heavy atom. The lowest BCUT2D eigenvalue weighted by Gasteiger charge is -2.38. The number of rotatable bonds is 10. The summed E-state index contributed by atoms with van der Waals surface area (Å²) < 4.78 is 38.2. The average molecular weight is 539 g/mol. The lowest BCUT2D eigenvalue weighted by molar-refractivity contribution is -0.145. The summed E-state index contributed by atoms with van der Waals surface area (Å²) in [6.07, 6.45) is 4.86. The van der Waals surface area contributed by atoms with E-state index in [2.05, 4.69) is 11.0 Å². The number of carbonyl (C=O) groups excluding carboxylic acids is 2. The summed E-state index contributed by atoms with van der Waals surface area (Å²) >= 11 is 0. The molecule has 2 aliphatic rings. The monoisotopic (exact) mass is 538 g/mol. The zero-order valence-corrected chi connectivity index (χ0v) is 21.9. The third kappa shape index (κ3) is 7.40. The zero-order chi connectivity index (χ0) is 27.8. The number of nitriles is 1. The first-order chi connectivity index (χ1) is 18.9. The number of benzene rings is 2. The first-order valence-electron chi connectivity index (χ1n) is 13.1. The number of hydrogen-bond donors (Lipinski definition) is 0. The molecule has 0 radical (unpaired) electrons. The summed E-state index contributed by atoms with van der Waals surface area (Å²) in [7, 11) is 0. The standard InChI is InChI=1S/C29H32F2N4O4/c1-2-38-29(37)19-34(11-3-4-22-17-23(30)6-7-25(22)31)24-9-12-33(13-10-24)14-15-35-26-16-21(18-32)5-8-27(26)39-20-28(35)36/h3-8,16-17,24H,2,9-15,19-20H2,1H3. The Kier molecular flexibility index (Phi) is 9.63. The molecular formula is C29H32F2N4O4. The normalized spacial score (nSPS) is 16.3. The number of nitrogens with zero attached hydrogens (tertiary/aromatic N) is 4. The van der Waals surface area contributed by atoms with Crippen molar-refractivity contribution < 1.29 is 27.8 Å². The van der Waals surface area contributed by atoms with Crippen molar-refractivity contribution in [2.45, 2.75) is 25.8 Å². The van der Waals surface area contributed by atoms with Crippen LogP contribution in [0.15, 0.2) is 42.5 Å². The van der Waals surface area contributed by atoms with Gasteiger partial charge in [0.15, 0.2) is 6.61 Å². The molecule has 39 heavy (non-hydrogen) atoms. The highest BCUT2D eigenvalue weighted by Crippen LogP contribution is 2.33. The molecule has 2 aromatic rings. The molecule has 1 saturated heterocycles. The Bertz CT molecular complexity index is 1250. The second-order valence-electron chi connectivity index (χ2n) is 9.50. The van der Waals surface area contributed by atoms with Crippen LogP contribution in [0.4, 0.5) is 14.5 Å². The topological polar surface area (TPSA) is 86.1 Å². The molecule has 8 nitrogen and oxygen atoms in total. The number of hydrogen-bond acceptors (Lipinski definition) is 7. The van der Waals surface area contributed by atoms with Crippen molar-refractivity contribution in [3.63, 3.8) is 0 Å². The molecule has 0 spiro atoms. The van der Waals surface area contributed by atoms with Crippen LogP contribution in [-0.4, -0.2) is 80.2 Å². The Balaban J connectivity index is 1.35. The number of amides is 1. The van der Waals surface area contributed by atoms with E-state index in [4.69, 9.17) is 9.47 Å². The first-order valence-corrected chi connectivity index (χ1v) is 13.1. The van der Waals surface area contributed by atoms with Gasteiger partial charge >= 0.3 is 5.97 Å². The second kappa shape index (κ2) is 13.3. The van der Waals surface area contributed by atoms with Crippen LogP contribution in [0, 0.1) is 23.0 Å². The number of likely N-dealkylation sites (tertiary alicyclic amines) is 1. The molecule has 0 unspecified atom stereocenters. The van der Waals surface area contributed by atoms with E-state index in [-0.39, 0.29) is 43.2 Å². The van der Waals surface area contributed by atoms with E-state index in [9.17, 15) is 23.6 Å². The molecule has 4 rings (SSSR count). The van der Waals surface area contributed by atoms with Crippen molar-refractivity contribution in [3.8, 4) is 11.8 Å². The van der Waals surface area contributed by atoms with Gasteiger partial charge in [-0.1, -0.05) is 12.2 Å². The molecule has 2 aliphatic heterocycles. The number of halogens is 2. The zero-order valence-electron chi connectivity index (χ0n) is 21.9. The molecule has 0 N–H and O–H groups in total. The van der Waals surface area contributed by atoms with Crippen LogP contribution in [0.5, 0.6) is 5.75 Å². The van der Waals surface area contributed by atoms with Gasteiger partial charge in [0.25, 0.3) is 5.91 Å². The van der Waals surface area contributed by atoms with Crippen LogP contribution in [0.1, 0.15) is 30.9 Å². The molecule has 10 heteroatoms. The highest BCUT2D eigenvalue weighted by atomic mass is 19.1. The van der Waals surface area contributed by atoms with Crippen molar-refractivity contribution in [1.82, 2.24) is 9.80 Å². The highest BCUT2D eigenvalue weighted by Gasteiger charge is 2.29. The highest BCUT2D eigenvalue weighted by molar-refractivity contribution is 5.98. The predicted molar refractivity (Wildman–Crippen MR) is 142 cm³/mol. The van der Waals surface area contributed by atoms with Crippen LogP contribution in [0.2, 0.25) is 0 Å². The number of carbonyl (C=O) groups is 2. The summed E-state index contributed by atoms with van der Waals surface area (Å²) in [5, 5.41) is 9.24. The quantitative estimate of drug-likeness (QED) is 0.427. The van der Waals surface area contributed by atoms with Gasteiger partial charge in [0, 0.05) is 31.2 Å². The first kappa shape index (κ1) is 28.2. The third-order valence-electron chi connectivity index (χ3n) is 6.98. The fourth-order valence-electron chi connectivity index (χ4n) is 4.94. The second-order valence-corrected chi connectivity index (χ2v) is 9.50. The Morgan fingerprint density at radius 1 is 1.21 bits per heavy atom. The minimum Gasteiger partial charge on any atom is -0.482 e. The van der Waals surface area contributed by atoms with E-state index < -0.39 is 11.6 Å². The van der Waals surface area contributed by atoms with E-state index in [0.717, 1.165) is 44.1 Å². The van der Waals surface area contributed by atoms with Gasteiger partial charge in [0.05, 0.1) is 30.5 Å². The van der Waals surface area contributed by atoms with E-state index in [0.29, 0.717) is 36.6 Å². The Hall–Kier alpha value is -3.81. The molecule has 0 saturated carbocycles. The summed E-state index contributed by atoms with van der Waals surface area (Å²) in [6, 6.07) is 10.6. The predicted octanol–water partition coefficient (Wildman–Crippen LogP) is 3.60. The van der Waals surface area contributed by atoms with Gasteiger partial charge in [-0.3, -0.25) is 14.5 Å². The molecule has 206 valence electrons. The van der Waals surface area contributed by atoms with Crippen LogP contribution in [0.3, 0.4) is 0 Å². The Labute approximate surface area is 227 Å². The number of ether oxygens (including phenoxy) is 2. The van der Waals surface area contributed by atoms with Gasteiger partial charge in [0.1, 0.15) is 17.4 Å². The van der Waals surface area contributed by atoms with E-state index in [1.807, 2.05) is 4.90 Å².